The molecule has 4 rings (SSSR count). The summed E-state index contributed by atoms with van der Waals surface area (Å²) < 4.78 is 6.27. The number of pyridine rings is 1. The molecule has 26 heavy (non-hydrogen) atoms. The van der Waals surface area contributed by atoms with E-state index in [0.29, 0.717) is 29.9 Å². The van der Waals surface area contributed by atoms with Crippen molar-refractivity contribution in [3.63, 3.8) is 0 Å². The predicted octanol–water partition coefficient (Wildman–Crippen LogP) is 0.861. The first-order valence-corrected chi connectivity index (χ1v) is 8.95. The van der Waals surface area contributed by atoms with Gasteiger partial charge in [0.2, 0.25) is 0 Å². The summed E-state index contributed by atoms with van der Waals surface area (Å²) in [7, 11) is 0. The molecule has 0 bridgehead atoms. The van der Waals surface area contributed by atoms with Crippen LogP contribution in [-0.4, -0.2) is 33.2 Å². The number of fused-ring (bicyclic) bond motifs is 1. The molecule has 134 valence electrons. The molecule has 2 aliphatic rings. The molecule has 2 aromatic rings. The van der Waals surface area contributed by atoms with E-state index in [-0.39, 0.29) is 5.56 Å². The zero-order chi connectivity index (χ0) is 18.1. The molecule has 2 aromatic heterocycles. The summed E-state index contributed by atoms with van der Waals surface area (Å²) in [4.78, 5) is 27.2. The summed E-state index contributed by atoms with van der Waals surface area (Å²) in [5.41, 5.74) is 1.46. The first-order valence-electron chi connectivity index (χ1n) is 8.95. The van der Waals surface area contributed by atoms with E-state index < -0.39 is 5.60 Å². The first-order chi connectivity index (χ1) is 12.6. The molecule has 0 radical (unpaired) electrons. The highest BCUT2D eigenvalue weighted by Gasteiger charge is 2.31. The van der Waals surface area contributed by atoms with Crippen molar-refractivity contribution in [2.75, 3.05) is 0 Å². The van der Waals surface area contributed by atoms with Gasteiger partial charge in [0.1, 0.15) is 5.69 Å². The Labute approximate surface area is 150 Å². The smallest absolute Gasteiger partial charge is 0.271 e. The van der Waals surface area contributed by atoms with Crippen molar-refractivity contribution in [1.29, 1.82) is 0 Å². The minimum Gasteiger partial charge on any atom is -0.368 e. The Morgan fingerprint density at radius 3 is 2.96 bits per heavy atom. The summed E-state index contributed by atoms with van der Waals surface area (Å²) in [6.45, 7) is 2.06. The molecular formula is C20H21N3O3. The topological polar surface area (TPSA) is 84.9 Å². The molecule has 1 atom stereocenters. The first kappa shape index (κ1) is 16.8. The van der Waals surface area contributed by atoms with Crippen molar-refractivity contribution < 1.29 is 9.53 Å². The van der Waals surface area contributed by atoms with Crippen LogP contribution >= 0.6 is 0 Å². The van der Waals surface area contributed by atoms with Gasteiger partial charge in [-0.25, -0.2) is 5.10 Å². The SMILES string of the molecule is CC1(OC2CCC2)C=c2c(Cc3ccnc(C=O)c3)n[nH]c(=O)c2=CC1. The van der Waals surface area contributed by atoms with Gasteiger partial charge in [-0.1, -0.05) is 6.08 Å². The fraction of sp³-hybridized carbons (Fsp3) is 0.400. The van der Waals surface area contributed by atoms with Crippen LogP contribution in [0.25, 0.3) is 12.2 Å². The molecular weight excluding hydrogens is 330 g/mol. The number of carbonyl (C=O) groups is 1. The van der Waals surface area contributed by atoms with Gasteiger partial charge in [0.15, 0.2) is 6.29 Å². The number of hydrogen-bond acceptors (Lipinski definition) is 5. The summed E-state index contributed by atoms with van der Waals surface area (Å²) >= 11 is 0. The maximum Gasteiger partial charge on any atom is 0.271 e. The highest BCUT2D eigenvalue weighted by atomic mass is 16.5. The van der Waals surface area contributed by atoms with Gasteiger partial charge in [-0.15, -0.1) is 0 Å². The van der Waals surface area contributed by atoms with Gasteiger partial charge in [-0.05, 0) is 56.4 Å². The van der Waals surface area contributed by atoms with Gasteiger partial charge in [0.05, 0.1) is 17.4 Å². The third kappa shape index (κ3) is 3.24. The van der Waals surface area contributed by atoms with E-state index >= 15 is 0 Å². The standard InChI is InChI=1S/C20H21N3O3/c1-20(26-15-3-2-4-15)7-5-16-17(11-20)18(22-23-19(16)25)10-13-6-8-21-14(9-13)12-24/h5-6,8-9,11-12,15H,2-4,7,10H2,1H3,(H,23,25). The highest BCUT2D eigenvalue weighted by Crippen LogP contribution is 2.30. The number of H-pyrrole nitrogens is 1. The average Bonchev–Trinajstić information content (AvgIpc) is 2.61. The summed E-state index contributed by atoms with van der Waals surface area (Å²) in [6.07, 6.45) is 11.2. The third-order valence-electron chi connectivity index (χ3n) is 5.13. The van der Waals surface area contributed by atoms with Gasteiger partial charge in [-0.3, -0.25) is 14.6 Å². The normalized spacial score (nSPS) is 21.9. The molecule has 2 heterocycles. The largest absolute Gasteiger partial charge is 0.368 e. The van der Waals surface area contributed by atoms with E-state index in [0.717, 1.165) is 35.6 Å². The zero-order valence-electron chi connectivity index (χ0n) is 14.7. The van der Waals surface area contributed by atoms with Gasteiger partial charge in [-0.2, -0.15) is 5.10 Å². The molecule has 0 aromatic carbocycles. The van der Waals surface area contributed by atoms with Crippen molar-refractivity contribution in [3.8, 4) is 0 Å². The van der Waals surface area contributed by atoms with Crippen LogP contribution in [0.4, 0.5) is 0 Å². The monoisotopic (exact) mass is 351 g/mol. The van der Waals surface area contributed by atoms with E-state index in [1.807, 2.05) is 18.2 Å². The number of rotatable bonds is 5. The molecule has 6 nitrogen and oxygen atoms in total. The van der Waals surface area contributed by atoms with E-state index in [1.165, 1.54) is 6.42 Å². The maximum atomic E-state index is 12.2. The molecule has 6 heteroatoms. The second-order valence-corrected chi connectivity index (χ2v) is 7.25. The molecule has 1 N–H and O–H groups in total. The Balaban J connectivity index is 1.75. The lowest BCUT2D eigenvalue weighted by atomic mass is 9.90. The molecule has 0 saturated heterocycles. The van der Waals surface area contributed by atoms with Crippen LogP contribution in [0, 0.1) is 0 Å². The number of nitrogens with zero attached hydrogens (tertiary/aromatic N) is 2. The number of nitrogens with one attached hydrogen (secondary N) is 1. The Kier molecular flexibility index (Phi) is 4.28. The van der Waals surface area contributed by atoms with Crippen molar-refractivity contribution >= 4 is 18.4 Å². The quantitative estimate of drug-likeness (QED) is 0.808. The van der Waals surface area contributed by atoms with E-state index in [4.69, 9.17) is 4.74 Å². The summed E-state index contributed by atoms with van der Waals surface area (Å²) in [5.74, 6) is 0. The molecule has 0 spiro atoms. The van der Waals surface area contributed by atoms with Gasteiger partial charge in [0, 0.05) is 23.1 Å². The second-order valence-electron chi connectivity index (χ2n) is 7.25. The molecule has 0 aliphatic heterocycles. The molecule has 0 amide bonds. The zero-order valence-corrected chi connectivity index (χ0v) is 14.7. The molecule has 1 unspecified atom stereocenters. The van der Waals surface area contributed by atoms with Crippen molar-refractivity contribution in [1.82, 2.24) is 15.2 Å². The van der Waals surface area contributed by atoms with Crippen LogP contribution in [0.15, 0.2) is 23.1 Å². The van der Waals surface area contributed by atoms with E-state index in [1.54, 1.807) is 12.3 Å². The van der Waals surface area contributed by atoms with Crippen LogP contribution in [0.1, 0.15) is 54.4 Å². The number of aromatic nitrogens is 3. The van der Waals surface area contributed by atoms with Crippen LogP contribution in [-0.2, 0) is 11.2 Å². The maximum absolute atomic E-state index is 12.2. The molecule has 2 aliphatic carbocycles. The Morgan fingerprint density at radius 1 is 1.38 bits per heavy atom. The lowest BCUT2D eigenvalue weighted by Crippen LogP contribution is -2.50. The number of hydrogen-bond donors (Lipinski definition) is 1. The fourth-order valence-electron chi connectivity index (χ4n) is 3.50. The second kappa shape index (κ2) is 6.61. The van der Waals surface area contributed by atoms with E-state index in [2.05, 4.69) is 22.1 Å². The van der Waals surface area contributed by atoms with Crippen LogP contribution in [0.2, 0.25) is 0 Å². The van der Waals surface area contributed by atoms with Crippen LogP contribution < -0.4 is 16.0 Å². The van der Waals surface area contributed by atoms with Crippen molar-refractivity contribution in [2.45, 2.75) is 50.7 Å². The van der Waals surface area contributed by atoms with Crippen LogP contribution in [0.3, 0.4) is 0 Å². The molecule has 1 fully saturated rings. The average molecular weight is 351 g/mol. The highest BCUT2D eigenvalue weighted by molar-refractivity contribution is 5.71. The van der Waals surface area contributed by atoms with Crippen molar-refractivity contribution in [3.05, 3.63) is 56.1 Å². The minimum atomic E-state index is -0.422. The number of carbonyl (C=O) groups excluding carboxylic acids is 1. The van der Waals surface area contributed by atoms with Crippen LogP contribution in [0.5, 0.6) is 0 Å². The number of ether oxygens (including phenoxy) is 1. The number of aromatic amines is 1. The summed E-state index contributed by atoms with van der Waals surface area (Å²) in [6, 6.07) is 3.59. The number of aldehydes is 1. The predicted molar refractivity (Wildman–Crippen MR) is 97.2 cm³/mol. The lowest BCUT2D eigenvalue weighted by Gasteiger charge is -2.36. The van der Waals surface area contributed by atoms with Crippen molar-refractivity contribution in [2.24, 2.45) is 0 Å². The Hall–Kier alpha value is -2.60. The lowest BCUT2D eigenvalue weighted by molar-refractivity contribution is -0.0742. The fourth-order valence-corrected chi connectivity index (χ4v) is 3.50. The van der Waals surface area contributed by atoms with Gasteiger partial charge in [0.25, 0.3) is 5.56 Å². The third-order valence-corrected chi connectivity index (χ3v) is 5.13. The van der Waals surface area contributed by atoms with Gasteiger partial charge < -0.3 is 4.74 Å². The van der Waals surface area contributed by atoms with Gasteiger partial charge >= 0.3 is 0 Å². The Bertz CT molecular complexity index is 1020. The van der Waals surface area contributed by atoms with E-state index in [9.17, 15) is 9.59 Å². The minimum absolute atomic E-state index is 0.186. The Morgan fingerprint density at radius 2 is 2.23 bits per heavy atom. The summed E-state index contributed by atoms with van der Waals surface area (Å²) in [5, 5.41) is 8.33. The molecule has 1 saturated carbocycles.